The highest BCUT2D eigenvalue weighted by Gasteiger charge is 2.51. The minimum atomic E-state index is -2.66. The second-order valence-electron chi connectivity index (χ2n) is 40.7. The van der Waals surface area contributed by atoms with E-state index in [9.17, 15) is 43.0 Å². The van der Waals surface area contributed by atoms with Gasteiger partial charge in [-0.2, -0.15) is 0 Å². The van der Waals surface area contributed by atoms with E-state index >= 15 is 0 Å². The highest BCUT2D eigenvalue weighted by Crippen LogP contribution is 2.60. The van der Waals surface area contributed by atoms with Crippen LogP contribution in [-0.4, -0.2) is 159 Å². The molecule has 0 radical (unpaired) electrons. The summed E-state index contributed by atoms with van der Waals surface area (Å²) < 4.78 is 64.6. The molecule has 12 fully saturated rings. The van der Waals surface area contributed by atoms with Gasteiger partial charge in [-0.25, -0.2) is 8.78 Å². The van der Waals surface area contributed by atoms with Crippen molar-refractivity contribution in [3.63, 3.8) is 0 Å². The first-order valence-electron chi connectivity index (χ1n) is 49.0. The van der Waals surface area contributed by atoms with Gasteiger partial charge in [0, 0.05) is 106 Å². The van der Waals surface area contributed by atoms with Gasteiger partial charge in [-0.15, -0.1) is 11.3 Å². The third kappa shape index (κ3) is 20.5. The van der Waals surface area contributed by atoms with Gasteiger partial charge in [0.05, 0.1) is 183 Å². The Kier molecular flexibility index (Phi) is 29.1. The first-order valence-corrected chi connectivity index (χ1v) is 51.7. The molecular weight excluding hydrogens is 1820 g/mol. The number of hydrogen-bond donors (Lipinski definition) is 5. The number of ether oxygens (including phenoxy) is 5. The van der Waals surface area contributed by atoms with Crippen molar-refractivity contribution in [2.75, 3.05) is 79.2 Å². The van der Waals surface area contributed by atoms with Crippen molar-refractivity contribution in [3.05, 3.63) is 197 Å². The van der Waals surface area contributed by atoms with Crippen LogP contribution in [0.5, 0.6) is 0 Å². The molecule has 12 aliphatic rings. The van der Waals surface area contributed by atoms with Crippen molar-refractivity contribution in [2.45, 2.75) is 240 Å². The number of aliphatic hydroxyl groups is 2. The molecule has 6 aromatic heterocycles. The van der Waals surface area contributed by atoms with Crippen LogP contribution in [0.25, 0.3) is 54.5 Å². The molecule has 714 valence electrons. The zero-order chi connectivity index (χ0) is 92.7. The normalized spacial score (nSPS) is 23.7. The number of rotatable bonds is 24. The highest BCUT2D eigenvalue weighted by molar-refractivity contribution is 7.10. The smallest absolute Gasteiger partial charge is 0.254 e. The zero-order valence-electron chi connectivity index (χ0n) is 76.3. The summed E-state index contributed by atoms with van der Waals surface area (Å²) in [5.74, 6) is -0.393. The third-order valence-corrected chi connectivity index (χ3v) is 34.1. The standard InChI is InChI=1S/C23H25ClN2O2S.C22H26ClNO3.C21H25ClF2N2O2.C20H23ClN2O2.C20H24ClNO3/c24-18-8-4-9-19-21(18)17(12-26(19)16-13-28-14-16)23(27)25-22(20-10-5-11-29-20)15-6-2-1-3-7-15;23-17-3-1-4-18-20(17)16(11-24(18)15-12-27-13-15)19(25)5-8-22(26)7-2-6-21(14-22)9-10-21;1-21(23,24)14-5-2-4-13(8-14)9-25-20(27)16-10-26(15-11-28-12-15)18-7-3-6-17(22)19(16)18;21-17-2-1-3-18-19(17)16(9-23(18)15-10-25-11-15)20(24)22-8-14-7-12-4-5-13(14)6-12;21-16-5-4-6-17-19(16)15(11-22(17)14-12-25-13-14)18(23)7-10-20(24)8-2-1-3-9-20/h4-5,8-12,15-16,22H,1-3,6-7,13-14H2,(H,25,27);1,3-4,11,15,26H,2,5-10,12-14H2;3,6-7,10,13-15H,2,4-5,8-9,11-12H2,1H3,(H,25,27);1-3,9,12-15H,4-8,10-11H2,(H,22,24);4-6,11,14,24H,1-3,7-10,12-13H2/t;;;12-,13+,14?;/m...1./s1. The van der Waals surface area contributed by atoms with E-state index in [1.54, 1.807) is 17.4 Å². The van der Waals surface area contributed by atoms with E-state index in [-0.39, 0.29) is 65.4 Å². The molecule has 5 N–H and O–H groups in total. The van der Waals surface area contributed by atoms with Crippen LogP contribution in [-0.2, 0) is 23.7 Å². The molecule has 5 saturated heterocycles. The Bertz CT molecular complexity index is 6080. The number of carbonyl (C=O) groups is 5. The van der Waals surface area contributed by atoms with Gasteiger partial charge in [-0.05, 0) is 223 Å². The van der Waals surface area contributed by atoms with Crippen molar-refractivity contribution in [1.82, 2.24) is 38.8 Å². The van der Waals surface area contributed by atoms with E-state index in [1.165, 1.54) is 88.3 Å². The second-order valence-corrected chi connectivity index (χ2v) is 43.7. The lowest BCUT2D eigenvalue weighted by Crippen LogP contribution is -2.36. The number of amides is 3. The molecule has 5 aromatic carbocycles. The number of nitrogens with one attached hydrogen (secondary N) is 3. The molecule has 28 heteroatoms. The maximum atomic E-state index is 13.7. The Morgan fingerprint density at radius 1 is 0.440 bits per heavy atom. The molecule has 3 amide bonds. The average Bonchev–Trinajstić information content (AvgIpc) is 1.62. The predicted octanol–water partition coefficient (Wildman–Crippen LogP) is 24.5. The fourth-order valence-corrected chi connectivity index (χ4v) is 25.6. The van der Waals surface area contributed by atoms with Crippen LogP contribution in [0.15, 0.2) is 139 Å². The highest BCUT2D eigenvalue weighted by atomic mass is 35.5. The predicted molar refractivity (Wildman–Crippen MR) is 525 cm³/mol. The van der Waals surface area contributed by atoms with Crippen molar-refractivity contribution in [1.29, 1.82) is 0 Å². The van der Waals surface area contributed by atoms with E-state index in [4.69, 9.17) is 81.7 Å². The molecule has 23 rings (SSSR count). The lowest BCUT2D eigenvalue weighted by Gasteiger charge is -2.37. The van der Waals surface area contributed by atoms with Gasteiger partial charge in [0.15, 0.2) is 11.6 Å². The summed E-state index contributed by atoms with van der Waals surface area (Å²) in [4.78, 5) is 66.6. The maximum absolute atomic E-state index is 13.7. The number of alkyl halides is 2. The number of fused-ring (bicyclic) bond motifs is 7. The quantitative estimate of drug-likeness (QED) is 0.0356. The van der Waals surface area contributed by atoms with E-state index in [1.807, 2.05) is 120 Å². The Balaban J connectivity index is 0.000000108. The van der Waals surface area contributed by atoms with Crippen LogP contribution in [0.1, 0.15) is 280 Å². The molecule has 7 atom stereocenters. The molecule has 5 aliphatic heterocycles. The molecule has 7 aliphatic carbocycles. The number of ketones is 2. The van der Waals surface area contributed by atoms with Crippen molar-refractivity contribution >= 4 is 153 Å². The molecule has 2 bridgehead atoms. The summed E-state index contributed by atoms with van der Waals surface area (Å²) >= 11 is 34.0. The molecule has 1 spiro atoms. The molecule has 5 unspecified atom stereocenters. The number of carbonyl (C=O) groups excluding carboxylic acids is 5. The van der Waals surface area contributed by atoms with Crippen molar-refractivity contribution in [3.8, 4) is 0 Å². The number of Topliss-reactive ketones (excluding diaryl/α,β-unsaturated/α-hetero) is 2. The van der Waals surface area contributed by atoms with E-state index in [2.05, 4.69) is 51.7 Å². The number of thiophene rings is 1. The summed E-state index contributed by atoms with van der Waals surface area (Å²) in [6, 6.07) is 34.4. The topological polar surface area (TPSA) is 233 Å². The summed E-state index contributed by atoms with van der Waals surface area (Å²) in [5.41, 5.74) is 7.20. The van der Waals surface area contributed by atoms with Gasteiger partial charge in [0.25, 0.3) is 17.7 Å². The summed E-state index contributed by atoms with van der Waals surface area (Å²) in [7, 11) is 0. The Hall–Kier alpha value is -7.72. The van der Waals surface area contributed by atoms with Gasteiger partial charge < -0.3 is 72.7 Å². The van der Waals surface area contributed by atoms with Crippen LogP contribution in [0.4, 0.5) is 8.78 Å². The maximum Gasteiger partial charge on any atom is 0.254 e. The minimum absolute atomic E-state index is 0.000125. The minimum Gasteiger partial charge on any atom is -0.390 e. The van der Waals surface area contributed by atoms with E-state index in [0.29, 0.717) is 187 Å². The number of nitrogens with zero attached hydrogens (tertiary/aromatic N) is 5. The van der Waals surface area contributed by atoms with Gasteiger partial charge in [0.2, 0.25) is 5.92 Å². The third-order valence-electron chi connectivity index (χ3n) is 31.6. The van der Waals surface area contributed by atoms with Gasteiger partial charge in [-0.3, -0.25) is 24.0 Å². The second kappa shape index (κ2) is 41.0. The Morgan fingerprint density at radius 2 is 0.851 bits per heavy atom. The molecule has 20 nitrogen and oxygen atoms in total. The van der Waals surface area contributed by atoms with Gasteiger partial charge in [0.1, 0.15) is 0 Å². The zero-order valence-corrected chi connectivity index (χ0v) is 80.9. The SMILES string of the molecule is CC(F)(F)C1CCCC(CNC(=O)c2cn(C3COC3)c3cccc(Cl)c23)C1.O=C(CCC1(O)CCCC2(CC2)C1)c1cn(C2COC2)c2cccc(Cl)c12.O=C(CCC1(O)CCCCC1)c1cn(C2COC2)c2cccc(Cl)c12.O=C(NC(c1cccs1)C1CCCCC1)c1cn(C2COC2)c2cccc(Cl)c12.O=C(NCC1C[C@@H]2CC[C@H]1C2)c1cn(C2COC2)c2cccc(Cl)c12. The Morgan fingerprint density at radius 3 is 1.25 bits per heavy atom. The molecule has 11 aromatic rings. The van der Waals surface area contributed by atoms with E-state index in [0.717, 1.165) is 138 Å². The van der Waals surface area contributed by atoms with Crippen LogP contribution in [0.3, 0.4) is 0 Å². The number of halogens is 7. The summed E-state index contributed by atoms with van der Waals surface area (Å²) in [6.45, 7) is 8.88. The number of aromatic nitrogens is 5. The average molecular weight is 1950 g/mol. The fourth-order valence-electron chi connectivity index (χ4n) is 23.4. The molecule has 134 heavy (non-hydrogen) atoms. The lowest BCUT2D eigenvalue weighted by molar-refractivity contribution is -0.0605. The summed E-state index contributed by atoms with van der Waals surface area (Å²) in [6.07, 6.45) is 37.0. The van der Waals surface area contributed by atoms with Crippen LogP contribution < -0.4 is 16.0 Å². The van der Waals surface area contributed by atoms with Crippen LogP contribution in [0, 0.1) is 40.9 Å². The van der Waals surface area contributed by atoms with E-state index < -0.39 is 23.0 Å². The first kappa shape index (κ1) is 95.2. The largest absolute Gasteiger partial charge is 0.390 e. The Labute approximate surface area is 810 Å². The lowest BCUT2D eigenvalue weighted by atomic mass is 9.73. The van der Waals surface area contributed by atoms with Gasteiger partial charge >= 0.3 is 0 Å². The monoisotopic (exact) mass is 1940 g/mol. The summed E-state index contributed by atoms with van der Waals surface area (Å²) in [5, 5.41) is 40.5. The first-order chi connectivity index (χ1) is 64.8. The number of hydrogen-bond acceptors (Lipinski definition) is 13. The molecular formula is C106H123Cl5F2N8O12S. The van der Waals surface area contributed by atoms with Crippen molar-refractivity contribution in [2.24, 2.45) is 40.9 Å². The van der Waals surface area contributed by atoms with Crippen LogP contribution in [0.2, 0.25) is 25.1 Å². The van der Waals surface area contributed by atoms with Crippen molar-refractivity contribution < 1.29 is 66.7 Å². The molecule has 7 saturated carbocycles. The fraction of sp³-hybridized carbons (Fsp3) is 0.538. The van der Waals surface area contributed by atoms with Crippen LogP contribution >= 0.6 is 69.3 Å². The number of benzene rings is 5. The molecule has 11 heterocycles. The van der Waals surface area contributed by atoms with Gasteiger partial charge in [-0.1, -0.05) is 152 Å².